The molecule has 0 bridgehead atoms. The van der Waals surface area contributed by atoms with Gasteiger partial charge < -0.3 is 5.32 Å². The molecule has 0 radical (unpaired) electrons. The number of nitrogens with zero attached hydrogens (tertiary/aromatic N) is 4. The summed E-state index contributed by atoms with van der Waals surface area (Å²) in [7, 11) is 0. The maximum Gasteiger partial charge on any atom is 0.435 e. The maximum atomic E-state index is 12.7. The number of hydrogen-bond donors (Lipinski definition) is 1. The summed E-state index contributed by atoms with van der Waals surface area (Å²) < 4.78 is 78.3. The van der Waals surface area contributed by atoms with Gasteiger partial charge >= 0.3 is 12.4 Å². The van der Waals surface area contributed by atoms with Crippen LogP contribution in [0.25, 0.3) is 0 Å². The van der Waals surface area contributed by atoms with Crippen molar-refractivity contribution < 1.29 is 31.1 Å². The first-order chi connectivity index (χ1) is 13.3. The SMILES string of the molecule is Cc1cc(C(F)(F)F)nn1CCCNC(=O)C(C)Cn1nc(C(F)(F)F)cc1C. The molecule has 1 amide bonds. The third kappa shape index (κ3) is 5.97. The van der Waals surface area contributed by atoms with Gasteiger partial charge in [0.1, 0.15) is 0 Å². The second-order valence-corrected chi connectivity index (χ2v) is 6.79. The molecule has 0 spiro atoms. The maximum absolute atomic E-state index is 12.7. The zero-order valence-electron chi connectivity index (χ0n) is 16.0. The predicted molar refractivity (Wildman–Crippen MR) is 90.7 cm³/mol. The summed E-state index contributed by atoms with van der Waals surface area (Å²) in [5.41, 5.74) is -1.35. The minimum Gasteiger partial charge on any atom is -0.356 e. The lowest BCUT2D eigenvalue weighted by Gasteiger charge is -2.13. The fourth-order valence-corrected chi connectivity index (χ4v) is 2.67. The van der Waals surface area contributed by atoms with Gasteiger partial charge in [-0.05, 0) is 32.4 Å². The van der Waals surface area contributed by atoms with Gasteiger partial charge in [0.05, 0.1) is 12.5 Å². The first-order valence-corrected chi connectivity index (χ1v) is 8.80. The molecule has 0 saturated carbocycles. The third-order valence-electron chi connectivity index (χ3n) is 4.28. The van der Waals surface area contributed by atoms with Crippen molar-refractivity contribution in [2.24, 2.45) is 5.92 Å². The van der Waals surface area contributed by atoms with Gasteiger partial charge in [0, 0.05) is 24.5 Å². The Balaban J connectivity index is 1.82. The molecule has 6 nitrogen and oxygen atoms in total. The van der Waals surface area contributed by atoms with E-state index >= 15 is 0 Å². The van der Waals surface area contributed by atoms with Crippen LogP contribution in [-0.2, 0) is 30.2 Å². The van der Waals surface area contributed by atoms with E-state index in [9.17, 15) is 31.1 Å². The number of aromatic nitrogens is 4. The van der Waals surface area contributed by atoms with E-state index in [0.29, 0.717) is 12.1 Å². The van der Waals surface area contributed by atoms with Crippen LogP contribution in [0.2, 0.25) is 0 Å². The zero-order valence-corrected chi connectivity index (χ0v) is 16.0. The molecule has 0 aliphatic carbocycles. The minimum absolute atomic E-state index is 0.0268. The van der Waals surface area contributed by atoms with E-state index in [1.807, 2.05) is 0 Å². The number of carbonyl (C=O) groups is 1. The summed E-state index contributed by atoms with van der Waals surface area (Å²) in [4.78, 5) is 12.1. The Kier molecular flexibility index (Phi) is 6.63. The number of amides is 1. The Morgan fingerprint density at radius 2 is 1.48 bits per heavy atom. The second kappa shape index (κ2) is 8.46. The molecular formula is C17H21F6N5O. The summed E-state index contributed by atoms with van der Waals surface area (Å²) in [5.74, 6) is -1.03. The highest BCUT2D eigenvalue weighted by molar-refractivity contribution is 5.78. The van der Waals surface area contributed by atoms with Crippen molar-refractivity contribution in [1.82, 2.24) is 24.9 Å². The lowest BCUT2D eigenvalue weighted by atomic mass is 10.1. The van der Waals surface area contributed by atoms with Crippen LogP contribution in [-0.4, -0.2) is 32.0 Å². The summed E-state index contributed by atoms with van der Waals surface area (Å²) in [6, 6.07) is 1.86. The standard InChI is InChI=1S/C17H21F6N5O/c1-10(9-28-12(3)8-14(26-28)17(21,22)23)15(29)24-5-4-6-27-11(2)7-13(25-27)16(18,19)20/h7-8,10H,4-6,9H2,1-3H3,(H,24,29). The normalized spacial score (nSPS) is 13.6. The summed E-state index contributed by atoms with van der Waals surface area (Å²) in [6.07, 6.45) is -8.73. The fraction of sp³-hybridized carbons (Fsp3) is 0.588. The molecule has 2 heterocycles. The zero-order chi connectivity index (χ0) is 22.0. The van der Waals surface area contributed by atoms with Gasteiger partial charge in [-0.2, -0.15) is 36.5 Å². The van der Waals surface area contributed by atoms with Crippen molar-refractivity contribution in [3.63, 3.8) is 0 Å². The molecule has 1 unspecified atom stereocenters. The lowest BCUT2D eigenvalue weighted by Crippen LogP contribution is -2.33. The monoisotopic (exact) mass is 425 g/mol. The van der Waals surface area contributed by atoms with E-state index in [0.717, 1.165) is 16.8 Å². The average Bonchev–Trinajstić information content (AvgIpc) is 3.14. The van der Waals surface area contributed by atoms with E-state index < -0.39 is 29.7 Å². The van der Waals surface area contributed by atoms with Gasteiger partial charge in [-0.1, -0.05) is 6.92 Å². The summed E-state index contributed by atoms with van der Waals surface area (Å²) >= 11 is 0. The summed E-state index contributed by atoms with van der Waals surface area (Å²) in [6.45, 7) is 4.87. The Hall–Kier alpha value is -2.53. The van der Waals surface area contributed by atoms with Crippen molar-refractivity contribution in [3.05, 3.63) is 34.9 Å². The van der Waals surface area contributed by atoms with Crippen LogP contribution in [0, 0.1) is 19.8 Å². The Morgan fingerprint density at radius 3 is 1.97 bits per heavy atom. The molecule has 0 saturated heterocycles. The molecule has 1 atom stereocenters. The Morgan fingerprint density at radius 1 is 1.00 bits per heavy atom. The van der Waals surface area contributed by atoms with Crippen LogP contribution >= 0.6 is 0 Å². The quantitative estimate of drug-likeness (QED) is 0.545. The van der Waals surface area contributed by atoms with Gasteiger partial charge in [-0.15, -0.1) is 0 Å². The third-order valence-corrected chi connectivity index (χ3v) is 4.28. The average molecular weight is 425 g/mol. The second-order valence-electron chi connectivity index (χ2n) is 6.79. The van der Waals surface area contributed by atoms with Crippen molar-refractivity contribution in [2.75, 3.05) is 6.54 Å². The van der Waals surface area contributed by atoms with E-state index in [1.165, 1.54) is 18.5 Å². The van der Waals surface area contributed by atoms with Crippen LogP contribution in [0.3, 0.4) is 0 Å². The molecule has 12 heteroatoms. The highest BCUT2D eigenvalue weighted by Crippen LogP contribution is 2.29. The molecule has 29 heavy (non-hydrogen) atoms. The Labute approximate surface area is 162 Å². The topological polar surface area (TPSA) is 64.7 Å². The highest BCUT2D eigenvalue weighted by atomic mass is 19.4. The predicted octanol–water partition coefficient (Wildman–Crippen LogP) is 3.58. The number of alkyl halides is 6. The number of halogens is 6. The molecule has 1 N–H and O–H groups in total. The number of nitrogens with one attached hydrogen (secondary N) is 1. The number of aryl methyl sites for hydroxylation is 3. The van der Waals surface area contributed by atoms with Gasteiger partial charge in [0.15, 0.2) is 11.4 Å². The van der Waals surface area contributed by atoms with Crippen LogP contribution in [0.5, 0.6) is 0 Å². The van der Waals surface area contributed by atoms with Crippen molar-refractivity contribution in [2.45, 2.75) is 52.6 Å². The first kappa shape index (κ1) is 22.8. The smallest absolute Gasteiger partial charge is 0.356 e. The largest absolute Gasteiger partial charge is 0.435 e. The molecule has 0 aliphatic rings. The molecule has 2 aromatic rings. The van der Waals surface area contributed by atoms with Crippen LogP contribution in [0.4, 0.5) is 26.3 Å². The van der Waals surface area contributed by atoms with E-state index in [2.05, 4.69) is 15.5 Å². The molecular weight excluding hydrogens is 404 g/mol. The Bertz CT molecular complexity index is 852. The van der Waals surface area contributed by atoms with Crippen LogP contribution in [0.15, 0.2) is 12.1 Å². The highest BCUT2D eigenvalue weighted by Gasteiger charge is 2.35. The van der Waals surface area contributed by atoms with Crippen LogP contribution in [0.1, 0.15) is 36.1 Å². The number of carbonyl (C=O) groups excluding carboxylic acids is 1. The molecule has 162 valence electrons. The van der Waals surface area contributed by atoms with Gasteiger partial charge in [-0.25, -0.2) is 0 Å². The molecule has 2 aromatic heterocycles. The van der Waals surface area contributed by atoms with Crippen molar-refractivity contribution >= 4 is 5.91 Å². The van der Waals surface area contributed by atoms with E-state index in [-0.39, 0.29) is 31.2 Å². The van der Waals surface area contributed by atoms with Crippen molar-refractivity contribution in [3.8, 4) is 0 Å². The number of hydrogen-bond acceptors (Lipinski definition) is 3. The minimum atomic E-state index is -4.56. The summed E-state index contributed by atoms with van der Waals surface area (Å²) in [5, 5.41) is 9.60. The van der Waals surface area contributed by atoms with Crippen molar-refractivity contribution in [1.29, 1.82) is 0 Å². The van der Waals surface area contributed by atoms with E-state index in [1.54, 1.807) is 6.92 Å². The van der Waals surface area contributed by atoms with Crippen LogP contribution < -0.4 is 5.32 Å². The molecule has 0 fully saturated rings. The molecule has 0 aromatic carbocycles. The van der Waals surface area contributed by atoms with Gasteiger partial charge in [-0.3, -0.25) is 14.2 Å². The van der Waals surface area contributed by atoms with Gasteiger partial charge in [0.2, 0.25) is 5.91 Å². The molecule has 2 rings (SSSR count). The first-order valence-electron chi connectivity index (χ1n) is 8.80. The number of rotatable bonds is 7. The molecule has 0 aliphatic heterocycles. The lowest BCUT2D eigenvalue weighted by molar-refractivity contribution is -0.142. The van der Waals surface area contributed by atoms with Gasteiger partial charge in [0.25, 0.3) is 0 Å². The van der Waals surface area contributed by atoms with E-state index in [4.69, 9.17) is 0 Å². The fourth-order valence-electron chi connectivity index (χ4n) is 2.67.